The monoisotopic (exact) mass is 342 g/mol. The zero-order valence-corrected chi connectivity index (χ0v) is 13.4. The van der Waals surface area contributed by atoms with Crippen molar-refractivity contribution in [2.75, 3.05) is 0 Å². The summed E-state index contributed by atoms with van der Waals surface area (Å²) >= 11 is 7.32. The molecule has 1 aliphatic carbocycles. The van der Waals surface area contributed by atoms with E-state index >= 15 is 0 Å². The molecule has 0 atom stereocenters. The summed E-state index contributed by atoms with van der Waals surface area (Å²) in [6.07, 6.45) is 6.36. The normalized spacial score (nSPS) is 22.7. The van der Waals surface area contributed by atoms with Crippen LogP contribution in [0.2, 0.25) is 19.6 Å². The Morgan fingerprint density at radius 2 is 1.57 bits per heavy atom. The van der Waals surface area contributed by atoms with E-state index in [1.807, 2.05) is 0 Å². The van der Waals surface area contributed by atoms with Gasteiger partial charge in [-0.05, 0) is 32.5 Å². The highest BCUT2D eigenvalue weighted by Gasteiger charge is 2.41. The van der Waals surface area contributed by atoms with Crippen molar-refractivity contribution < 1.29 is 4.43 Å². The van der Waals surface area contributed by atoms with Crippen LogP contribution < -0.4 is 0 Å². The summed E-state index contributed by atoms with van der Waals surface area (Å²) in [6.45, 7) is 6.81. The molecule has 4 heteroatoms. The SMILES string of the molecule is C[Si](C)(C)OC1(C(Br)Br)CCCCC1. The lowest BCUT2D eigenvalue weighted by atomic mass is 9.87. The molecule has 0 aromatic carbocycles. The van der Waals surface area contributed by atoms with Crippen LogP contribution in [0.3, 0.4) is 0 Å². The largest absolute Gasteiger partial charge is 0.410 e. The van der Waals surface area contributed by atoms with Crippen molar-refractivity contribution in [1.82, 2.24) is 0 Å². The van der Waals surface area contributed by atoms with E-state index in [1.165, 1.54) is 32.1 Å². The Balaban J connectivity index is 2.71. The first-order chi connectivity index (χ1) is 6.36. The van der Waals surface area contributed by atoms with Crippen molar-refractivity contribution in [2.45, 2.75) is 61.1 Å². The molecule has 0 amide bonds. The topological polar surface area (TPSA) is 9.23 Å². The lowest BCUT2D eigenvalue weighted by Gasteiger charge is -2.43. The molecule has 0 aliphatic heterocycles. The minimum Gasteiger partial charge on any atom is -0.410 e. The molecule has 0 unspecified atom stereocenters. The fraction of sp³-hybridized carbons (Fsp3) is 1.00. The summed E-state index contributed by atoms with van der Waals surface area (Å²) in [5.74, 6) is 0. The van der Waals surface area contributed by atoms with Gasteiger partial charge in [0.2, 0.25) is 0 Å². The summed E-state index contributed by atoms with van der Waals surface area (Å²) in [4.78, 5) is 0. The molecule has 0 N–H and O–H groups in total. The standard InChI is InChI=1S/C10H20Br2OSi/c1-14(2,3)13-10(9(11)12)7-5-4-6-8-10/h9H,4-8H2,1-3H3. The first-order valence-corrected chi connectivity index (χ1v) is 10.6. The van der Waals surface area contributed by atoms with Gasteiger partial charge in [0.15, 0.2) is 8.32 Å². The second-order valence-electron chi connectivity index (χ2n) is 5.14. The highest BCUT2D eigenvalue weighted by molar-refractivity contribution is 9.24. The number of halogens is 2. The van der Waals surface area contributed by atoms with Gasteiger partial charge < -0.3 is 4.43 Å². The smallest absolute Gasteiger partial charge is 0.184 e. The van der Waals surface area contributed by atoms with Crippen LogP contribution in [0, 0.1) is 0 Å². The Bertz CT molecular complexity index is 183. The Kier molecular flexibility index (Phi) is 4.70. The molecule has 1 nitrogen and oxygen atoms in total. The minimum absolute atomic E-state index is 0.0583. The number of alkyl halides is 2. The molecule has 1 fully saturated rings. The lowest BCUT2D eigenvalue weighted by Crippen LogP contribution is -2.48. The van der Waals surface area contributed by atoms with Crippen LogP contribution >= 0.6 is 31.9 Å². The molecule has 0 spiro atoms. The summed E-state index contributed by atoms with van der Waals surface area (Å²) < 4.78 is 6.67. The molecule has 0 aromatic rings. The van der Waals surface area contributed by atoms with E-state index in [0.29, 0.717) is 3.74 Å². The zero-order chi connectivity index (χ0) is 10.8. The van der Waals surface area contributed by atoms with Crippen LogP contribution in [0.25, 0.3) is 0 Å². The van der Waals surface area contributed by atoms with Gasteiger partial charge in [0.1, 0.15) is 0 Å². The number of rotatable bonds is 3. The molecule has 1 rings (SSSR count). The van der Waals surface area contributed by atoms with E-state index in [9.17, 15) is 0 Å². The third kappa shape index (κ3) is 3.61. The van der Waals surface area contributed by atoms with Gasteiger partial charge in [0.25, 0.3) is 0 Å². The lowest BCUT2D eigenvalue weighted by molar-refractivity contribution is 0.0412. The van der Waals surface area contributed by atoms with E-state index in [0.717, 1.165) is 0 Å². The Labute approximate surface area is 105 Å². The van der Waals surface area contributed by atoms with E-state index in [4.69, 9.17) is 4.43 Å². The van der Waals surface area contributed by atoms with Crippen molar-refractivity contribution in [3.63, 3.8) is 0 Å². The first-order valence-electron chi connectivity index (χ1n) is 5.34. The average Bonchev–Trinajstić information content (AvgIpc) is 2.02. The molecule has 0 bridgehead atoms. The Hall–Kier alpha value is 1.14. The van der Waals surface area contributed by atoms with Gasteiger partial charge in [-0.25, -0.2) is 0 Å². The van der Waals surface area contributed by atoms with Crippen LogP contribution in [0.4, 0.5) is 0 Å². The quantitative estimate of drug-likeness (QED) is 0.535. The van der Waals surface area contributed by atoms with Crippen LogP contribution in [0.5, 0.6) is 0 Å². The molecular weight excluding hydrogens is 324 g/mol. The van der Waals surface area contributed by atoms with E-state index in [1.54, 1.807) is 0 Å². The fourth-order valence-corrected chi connectivity index (χ4v) is 5.11. The van der Waals surface area contributed by atoms with Gasteiger partial charge in [-0.2, -0.15) is 0 Å². The fourth-order valence-electron chi connectivity index (χ4n) is 2.12. The van der Waals surface area contributed by atoms with E-state index in [-0.39, 0.29) is 5.60 Å². The van der Waals surface area contributed by atoms with Gasteiger partial charge in [0, 0.05) is 0 Å². The van der Waals surface area contributed by atoms with Gasteiger partial charge in [-0.3, -0.25) is 0 Å². The Morgan fingerprint density at radius 1 is 1.07 bits per heavy atom. The molecule has 0 aromatic heterocycles. The number of hydrogen-bond donors (Lipinski definition) is 0. The van der Waals surface area contributed by atoms with Crippen LogP contribution in [-0.4, -0.2) is 17.7 Å². The van der Waals surface area contributed by atoms with E-state index in [2.05, 4.69) is 51.5 Å². The highest BCUT2D eigenvalue weighted by atomic mass is 79.9. The maximum absolute atomic E-state index is 6.37. The third-order valence-corrected chi connectivity index (χ3v) is 5.29. The molecule has 0 saturated heterocycles. The highest BCUT2D eigenvalue weighted by Crippen LogP contribution is 2.42. The molecule has 14 heavy (non-hydrogen) atoms. The van der Waals surface area contributed by atoms with Crippen molar-refractivity contribution in [2.24, 2.45) is 0 Å². The first kappa shape index (κ1) is 13.2. The molecule has 1 saturated carbocycles. The van der Waals surface area contributed by atoms with Crippen molar-refractivity contribution in [3.05, 3.63) is 0 Å². The maximum Gasteiger partial charge on any atom is 0.184 e. The van der Waals surface area contributed by atoms with Crippen molar-refractivity contribution in [1.29, 1.82) is 0 Å². The molecule has 1 aliphatic rings. The summed E-state index contributed by atoms with van der Waals surface area (Å²) in [6, 6.07) is 0. The average molecular weight is 344 g/mol. The molecule has 0 radical (unpaired) electrons. The van der Waals surface area contributed by atoms with Gasteiger partial charge in [0.05, 0.1) is 9.34 Å². The van der Waals surface area contributed by atoms with E-state index < -0.39 is 8.32 Å². The summed E-state index contributed by atoms with van der Waals surface area (Å²) in [5.41, 5.74) is 0.0583. The van der Waals surface area contributed by atoms with Crippen molar-refractivity contribution in [3.8, 4) is 0 Å². The summed E-state index contributed by atoms with van der Waals surface area (Å²) in [5, 5.41) is 0. The van der Waals surface area contributed by atoms with Crippen molar-refractivity contribution >= 4 is 40.2 Å². The van der Waals surface area contributed by atoms with Crippen LogP contribution in [0.1, 0.15) is 32.1 Å². The van der Waals surface area contributed by atoms with Gasteiger partial charge in [-0.1, -0.05) is 51.1 Å². The summed E-state index contributed by atoms with van der Waals surface area (Å²) in [7, 11) is -1.44. The zero-order valence-electron chi connectivity index (χ0n) is 9.28. The van der Waals surface area contributed by atoms with Crippen LogP contribution in [0.15, 0.2) is 0 Å². The minimum atomic E-state index is -1.44. The third-order valence-electron chi connectivity index (χ3n) is 2.61. The van der Waals surface area contributed by atoms with Gasteiger partial charge in [-0.15, -0.1) is 0 Å². The predicted molar refractivity (Wildman–Crippen MR) is 71.9 cm³/mol. The number of hydrogen-bond acceptors (Lipinski definition) is 1. The molecule has 84 valence electrons. The Morgan fingerprint density at radius 3 is 1.93 bits per heavy atom. The maximum atomic E-state index is 6.37. The second-order valence-corrected chi connectivity index (χ2v) is 12.6. The van der Waals surface area contributed by atoms with Crippen LogP contribution in [-0.2, 0) is 4.43 Å². The molecule has 0 heterocycles. The van der Waals surface area contributed by atoms with Gasteiger partial charge >= 0.3 is 0 Å². The predicted octanol–water partition coefficient (Wildman–Crippen LogP) is 4.66. The second kappa shape index (κ2) is 4.98. The molecular formula is C10H20Br2OSi.